The molecule has 0 saturated carbocycles. The number of rotatable bonds is 38. The Hall–Kier alpha value is 3.54. The summed E-state index contributed by atoms with van der Waals surface area (Å²) in [5.74, 6) is 22.9. The highest BCUT2D eigenvalue weighted by molar-refractivity contribution is 8.05. The minimum Gasteiger partial charge on any atom is -0.481 e. The first-order valence-corrected chi connectivity index (χ1v) is 32.8. The molecule has 60 heavy (non-hydrogen) atoms. The van der Waals surface area contributed by atoms with Gasteiger partial charge in [-0.3, -0.25) is 14.4 Å². The van der Waals surface area contributed by atoms with Gasteiger partial charge in [0, 0.05) is 120 Å². The lowest BCUT2D eigenvalue weighted by atomic mass is 9.88. The Balaban J connectivity index is -0.000000297. The van der Waals surface area contributed by atoms with Gasteiger partial charge in [-0.15, -0.1) is 0 Å². The van der Waals surface area contributed by atoms with Crippen LogP contribution in [0.2, 0.25) is 0 Å². The van der Waals surface area contributed by atoms with E-state index in [1.807, 2.05) is 6.92 Å². The van der Waals surface area contributed by atoms with Crippen molar-refractivity contribution in [2.24, 2.45) is 10.8 Å². The maximum atomic E-state index is 9.55. The second-order valence-electron chi connectivity index (χ2n) is 12.0. The highest BCUT2D eigenvalue weighted by Crippen LogP contribution is 2.36. The number of carbonyl (C=O) groups is 3. The summed E-state index contributed by atoms with van der Waals surface area (Å²) in [6.45, 7) is 1.35. The van der Waals surface area contributed by atoms with Gasteiger partial charge in [0.05, 0.1) is 39.1 Å². The molecular formula is C36H76O9S15. The average Bonchev–Trinajstić information content (AvgIpc) is 3.22. The van der Waals surface area contributed by atoms with Gasteiger partial charge in [-0.05, 0) is 29.4 Å². The molecule has 24 heteroatoms. The Kier molecular flexibility index (Phi) is 73.2. The molecular weight excluding hydrogens is 1060 g/mol. The standard InChI is InChI=1S/C21H44S12.C6H14O3.3C3H6O2S/c22-1-5-26-9-13-30-17-21(18-31-14-10-27-6-2-23,19-32-15-11-28-7-3-24)20-33-16-12-29-8-4-25;1-2-6(3-7,4-8)5-9;3*4-3(5)1-2-6/h22-25H,1-20H2;7-9H,2-5H2,1H3;3*6H,1-2H2,(H,4,5). The topological polar surface area (TPSA) is 173 Å². The molecule has 0 amide bonds. The van der Waals surface area contributed by atoms with Gasteiger partial charge in [0.15, 0.2) is 0 Å². The van der Waals surface area contributed by atoms with Crippen molar-refractivity contribution in [2.75, 3.05) is 152 Å². The van der Waals surface area contributed by atoms with Gasteiger partial charge < -0.3 is 30.6 Å². The molecule has 0 atom stereocenters. The molecule has 0 unspecified atom stereocenters. The predicted octanol–water partition coefficient (Wildman–Crippen LogP) is 8.09. The quantitative estimate of drug-likeness (QED) is 0.0211. The fourth-order valence-corrected chi connectivity index (χ4v) is 14.9. The van der Waals surface area contributed by atoms with Gasteiger partial charge in [0.2, 0.25) is 0 Å². The van der Waals surface area contributed by atoms with E-state index in [2.05, 4.69) is 182 Å². The molecule has 0 aromatic rings. The van der Waals surface area contributed by atoms with E-state index in [4.69, 9.17) is 30.6 Å². The number of hydrogen-bond acceptors (Lipinski definition) is 21. The zero-order valence-corrected chi connectivity index (χ0v) is 47.8. The lowest BCUT2D eigenvalue weighted by Gasteiger charge is -2.33. The van der Waals surface area contributed by atoms with Crippen LogP contribution in [-0.2, 0) is 14.4 Å². The van der Waals surface area contributed by atoms with Gasteiger partial charge in [-0.25, -0.2) is 0 Å². The Labute approximate surface area is 436 Å². The maximum absolute atomic E-state index is 9.55. The molecule has 9 nitrogen and oxygen atoms in total. The number of aliphatic hydroxyl groups is 3. The fraction of sp³-hybridized carbons (Fsp3) is 0.917. The monoisotopic (exact) mass is 1130 g/mol. The van der Waals surface area contributed by atoms with Crippen molar-refractivity contribution in [1.29, 1.82) is 0 Å². The third-order valence-electron chi connectivity index (χ3n) is 6.80. The number of hydrogen-bond donors (Lipinski definition) is 13. The third-order valence-corrected chi connectivity index (χ3v) is 19.8. The summed E-state index contributed by atoms with van der Waals surface area (Å²) in [5.41, 5.74) is -0.227. The summed E-state index contributed by atoms with van der Waals surface area (Å²) in [4.78, 5) is 28.7. The predicted molar refractivity (Wildman–Crippen MR) is 309 cm³/mol. The van der Waals surface area contributed by atoms with Gasteiger partial charge in [-0.1, -0.05) is 6.92 Å². The Bertz CT molecular complexity index is 764. The first kappa shape index (κ1) is 72.5. The molecule has 0 bridgehead atoms. The van der Waals surface area contributed by atoms with Crippen LogP contribution < -0.4 is 0 Å². The van der Waals surface area contributed by atoms with Crippen LogP contribution in [0.1, 0.15) is 32.6 Å². The van der Waals surface area contributed by atoms with E-state index in [1.54, 1.807) is 0 Å². The molecule has 0 aliphatic carbocycles. The number of aliphatic hydroxyl groups excluding tert-OH is 3. The van der Waals surface area contributed by atoms with Crippen LogP contribution in [0.5, 0.6) is 0 Å². The van der Waals surface area contributed by atoms with E-state index in [9.17, 15) is 14.4 Å². The molecule has 0 saturated heterocycles. The number of carboxylic acid groups (broad SMARTS) is 3. The third kappa shape index (κ3) is 61.5. The first-order chi connectivity index (χ1) is 28.8. The minimum atomic E-state index is -0.787. The van der Waals surface area contributed by atoms with Crippen molar-refractivity contribution >= 4 is 200 Å². The van der Waals surface area contributed by atoms with Crippen molar-refractivity contribution in [2.45, 2.75) is 32.6 Å². The second kappa shape index (κ2) is 60.6. The zero-order valence-electron chi connectivity index (χ0n) is 35.0. The van der Waals surface area contributed by atoms with E-state index < -0.39 is 23.3 Å². The molecule has 0 aliphatic heterocycles. The molecule has 0 fully saturated rings. The van der Waals surface area contributed by atoms with E-state index >= 15 is 0 Å². The maximum Gasteiger partial charge on any atom is 0.304 e. The normalized spacial score (nSPS) is 10.8. The molecule has 6 N–H and O–H groups in total. The lowest BCUT2D eigenvalue weighted by molar-refractivity contribution is -0.137. The Morgan fingerprint density at radius 3 is 0.700 bits per heavy atom. The van der Waals surface area contributed by atoms with Crippen LogP contribution >= 0.6 is 182 Å². The minimum absolute atomic E-state index is 0.156. The molecule has 0 spiro atoms. The van der Waals surface area contributed by atoms with Crippen LogP contribution in [0.25, 0.3) is 0 Å². The number of aliphatic carboxylic acids is 3. The van der Waals surface area contributed by atoms with E-state index in [0.29, 0.717) is 29.1 Å². The van der Waals surface area contributed by atoms with Crippen LogP contribution in [-0.4, -0.2) is 201 Å². The molecule has 0 aliphatic rings. The smallest absolute Gasteiger partial charge is 0.304 e. The van der Waals surface area contributed by atoms with Gasteiger partial charge in [0.1, 0.15) is 0 Å². The van der Waals surface area contributed by atoms with E-state index in [1.165, 1.54) is 92.0 Å². The van der Waals surface area contributed by atoms with Crippen molar-refractivity contribution in [3.63, 3.8) is 0 Å². The van der Waals surface area contributed by atoms with Crippen LogP contribution in [0.4, 0.5) is 0 Å². The van der Waals surface area contributed by atoms with E-state index in [-0.39, 0.29) is 39.1 Å². The molecule has 0 aromatic heterocycles. The number of thioether (sulfide) groups is 8. The lowest BCUT2D eigenvalue weighted by Crippen LogP contribution is -2.34. The van der Waals surface area contributed by atoms with Gasteiger partial charge in [0.25, 0.3) is 0 Å². The zero-order chi connectivity index (χ0) is 46.6. The molecule has 0 heterocycles. The summed E-state index contributed by atoms with van der Waals surface area (Å²) in [5, 5.41) is 49.6. The Morgan fingerprint density at radius 2 is 0.583 bits per heavy atom. The van der Waals surface area contributed by atoms with Crippen molar-refractivity contribution in [3.8, 4) is 0 Å². The summed E-state index contributed by atoms with van der Waals surface area (Å²) < 4.78 is 0. The largest absolute Gasteiger partial charge is 0.481 e. The highest BCUT2D eigenvalue weighted by Gasteiger charge is 2.30. The summed E-state index contributed by atoms with van der Waals surface area (Å²) in [6, 6.07) is 0. The summed E-state index contributed by atoms with van der Waals surface area (Å²) in [6.07, 6.45) is 1.06. The number of carboxylic acids is 3. The van der Waals surface area contributed by atoms with Gasteiger partial charge in [-0.2, -0.15) is 182 Å². The van der Waals surface area contributed by atoms with Crippen LogP contribution in [0, 0.1) is 10.8 Å². The molecule has 0 radical (unpaired) electrons. The summed E-state index contributed by atoms with van der Waals surface area (Å²) in [7, 11) is 0. The summed E-state index contributed by atoms with van der Waals surface area (Å²) >= 11 is 45.4. The highest BCUT2D eigenvalue weighted by atomic mass is 32.2. The SMILES string of the molecule is CCC(CO)(CO)CO.O=C(O)CCS.O=C(O)CCS.O=C(O)CCS.SCCSCCSCC(CSCCSCCS)(CSCCSCCS)CSCCSCCS. The van der Waals surface area contributed by atoms with Crippen LogP contribution in [0.3, 0.4) is 0 Å². The second-order valence-corrected chi connectivity index (χ2v) is 24.4. The fourth-order valence-electron chi connectivity index (χ4n) is 3.31. The van der Waals surface area contributed by atoms with Crippen molar-refractivity contribution in [1.82, 2.24) is 0 Å². The molecule has 0 rings (SSSR count). The van der Waals surface area contributed by atoms with E-state index in [0.717, 1.165) is 23.0 Å². The molecule has 364 valence electrons. The van der Waals surface area contributed by atoms with Crippen LogP contribution in [0.15, 0.2) is 0 Å². The van der Waals surface area contributed by atoms with Crippen molar-refractivity contribution < 1.29 is 45.0 Å². The molecule has 0 aromatic carbocycles. The average molecular weight is 1130 g/mol. The Morgan fingerprint density at radius 1 is 0.367 bits per heavy atom. The number of thiol groups is 7. The first-order valence-electron chi connectivity index (χ1n) is 19.2. The van der Waals surface area contributed by atoms with Crippen molar-refractivity contribution in [3.05, 3.63) is 0 Å². The van der Waals surface area contributed by atoms with Gasteiger partial charge >= 0.3 is 17.9 Å².